The molecule has 0 spiro atoms. The van der Waals surface area contributed by atoms with Crippen molar-refractivity contribution < 1.29 is 9.53 Å². The maximum Gasteiger partial charge on any atom is 0.179 e. The summed E-state index contributed by atoms with van der Waals surface area (Å²) in [6.45, 7) is 1.79. The van der Waals surface area contributed by atoms with Gasteiger partial charge in [0.25, 0.3) is 0 Å². The van der Waals surface area contributed by atoms with Gasteiger partial charge in [-0.15, -0.1) is 11.6 Å². The highest BCUT2D eigenvalue weighted by molar-refractivity contribution is 9.10. The Morgan fingerprint density at radius 2 is 2.27 bits per heavy atom. The first-order valence-electron chi connectivity index (χ1n) is 4.52. The quantitative estimate of drug-likeness (QED) is 0.628. The molecule has 1 aromatic carbocycles. The molecule has 0 aromatic heterocycles. The molecule has 1 unspecified atom stereocenters. The summed E-state index contributed by atoms with van der Waals surface area (Å²) in [5, 5.41) is 0. The van der Waals surface area contributed by atoms with Crippen molar-refractivity contribution in [2.24, 2.45) is 0 Å². The molecular weight excluding hydrogens is 279 g/mol. The average molecular weight is 292 g/mol. The van der Waals surface area contributed by atoms with Gasteiger partial charge in [-0.3, -0.25) is 4.79 Å². The maximum absolute atomic E-state index is 11.8. The van der Waals surface area contributed by atoms with Gasteiger partial charge in [0.15, 0.2) is 5.78 Å². The number of hydrogen-bond donors (Lipinski definition) is 0. The van der Waals surface area contributed by atoms with Gasteiger partial charge in [0.2, 0.25) is 0 Å². The van der Waals surface area contributed by atoms with Crippen molar-refractivity contribution in [3.8, 4) is 5.75 Å². The van der Waals surface area contributed by atoms with Crippen molar-refractivity contribution in [1.29, 1.82) is 0 Å². The number of ether oxygens (including phenoxy) is 1. The lowest BCUT2D eigenvalue weighted by Gasteiger charge is -2.12. The number of halogens is 2. The number of para-hydroxylation sites is 1. The minimum Gasteiger partial charge on any atom is -0.496 e. The summed E-state index contributed by atoms with van der Waals surface area (Å²) in [5.41, 5.74) is 1.40. The number of rotatable bonds is 4. The Hall–Kier alpha value is -0.540. The van der Waals surface area contributed by atoms with Crippen LogP contribution in [0.25, 0.3) is 0 Å². The standard InChI is InChI=1S/C11H12BrClO2/c1-7(12)10(14)9-5-3-4-8(6-13)11(9)15-2/h3-5,7H,6H2,1-2H3. The maximum atomic E-state index is 11.8. The van der Waals surface area contributed by atoms with Gasteiger partial charge in [0.05, 0.1) is 23.4 Å². The summed E-state index contributed by atoms with van der Waals surface area (Å²) < 4.78 is 5.21. The van der Waals surface area contributed by atoms with E-state index in [2.05, 4.69) is 15.9 Å². The number of benzene rings is 1. The monoisotopic (exact) mass is 290 g/mol. The van der Waals surface area contributed by atoms with Crippen molar-refractivity contribution >= 4 is 33.3 Å². The highest BCUT2D eigenvalue weighted by Crippen LogP contribution is 2.27. The Balaban J connectivity index is 3.23. The van der Waals surface area contributed by atoms with Crippen LogP contribution in [0.1, 0.15) is 22.8 Å². The molecular formula is C11H12BrClO2. The van der Waals surface area contributed by atoms with E-state index in [0.29, 0.717) is 17.2 Å². The number of alkyl halides is 2. The second-order valence-corrected chi connectivity index (χ2v) is 4.75. The van der Waals surface area contributed by atoms with Crippen LogP contribution < -0.4 is 4.74 Å². The molecule has 0 radical (unpaired) electrons. The Morgan fingerprint density at radius 3 is 2.73 bits per heavy atom. The highest BCUT2D eigenvalue weighted by Gasteiger charge is 2.18. The number of carbonyl (C=O) groups excluding carboxylic acids is 1. The van der Waals surface area contributed by atoms with Crippen molar-refractivity contribution in [2.75, 3.05) is 7.11 Å². The number of Topliss-reactive ketones (excluding diaryl/α,β-unsaturated/α-hetero) is 1. The normalized spacial score (nSPS) is 12.3. The highest BCUT2D eigenvalue weighted by atomic mass is 79.9. The van der Waals surface area contributed by atoms with Crippen LogP contribution in [0.3, 0.4) is 0 Å². The van der Waals surface area contributed by atoms with Crippen LogP contribution in [-0.2, 0) is 5.88 Å². The Kier molecular flexibility index (Phi) is 4.61. The number of carbonyl (C=O) groups is 1. The van der Waals surface area contributed by atoms with E-state index < -0.39 is 0 Å². The summed E-state index contributed by atoms with van der Waals surface area (Å²) in [4.78, 5) is 11.6. The molecule has 0 fully saturated rings. The molecule has 82 valence electrons. The predicted molar refractivity (Wildman–Crippen MR) is 65.3 cm³/mol. The zero-order valence-corrected chi connectivity index (χ0v) is 10.9. The summed E-state index contributed by atoms with van der Waals surface area (Å²) in [7, 11) is 1.54. The zero-order chi connectivity index (χ0) is 11.4. The summed E-state index contributed by atoms with van der Waals surface area (Å²) in [6.07, 6.45) is 0. The molecule has 0 aliphatic heterocycles. The fraction of sp³-hybridized carbons (Fsp3) is 0.364. The SMILES string of the molecule is COc1c(CCl)cccc1C(=O)C(C)Br. The minimum absolute atomic E-state index is 0.00110. The molecule has 0 bridgehead atoms. The Morgan fingerprint density at radius 1 is 1.60 bits per heavy atom. The van der Waals surface area contributed by atoms with E-state index in [4.69, 9.17) is 16.3 Å². The molecule has 1 rings (SSSR count). The molecule has 2 nitrogen and oxygen atoms in total. The molecule has 0 saturated carbocycles. The molecule has 4 heteroatoms. The van der Waals surface area contributed by atoms with Crippen LogP contribution in [0.2, 0.25) is 0 Å². The lowest BCUT2D eigenvalue weighted by atomic mass is 10.0. The lowest BCUT2D eigenvalue weighted by molar-refractivity contribution is 0.0993. The van der Waals surface area contributed by atoms with Crippen molar-refractivity contribution in [1.82, 2.24) is 0 Å². The first-order chi connectivity index (χ1) is 7.11. The molecule has 0 saturated heterocycles. The van der Waals surface area contributed by atoms with E-state index >= 15 is 0 Å². The molecule has 15 heavy (non-hydrogen) atoms. The topological polar surface area (TPSA) is 26.3 Å². The van der Waals surface area contributed by atoms with E-state index in [9.17, 15) is 4.79 Å². The van der Waals surface area contributed by atoms with Crippen LogP contribution in [0, 0.1) is 0 Å². The zero-order valence-electron chi connectivity index (χ0n) is 8.59. The first kappa shape index (κ1) is 12.5. The fourth-order valence-corrected chi connectivity index (χ4v) is 1.80. The molecule has 0 N–H and O–H groups in total. The van der Waals surface area contributed by atoms with Gasteiger partial charge in [-0.1, -0.05) is 28.1 Å². The second-order valence-electron chi connectivity index (χ2n) is 3.11. The molecule has 0 amide bonds. The largest absolute Gasteiger partial charge is 0.496 e. The van der Waals surface area contributed by atoms with Gasteiger partial charge >= 0.3 is 0 Å². The number of hydrogen-bond acceptors (Lipinski definition) is 2. The van der Waals surface area contributed by atoms with Gasteiger partial charge in [-0.2, -0.15) is 0 Å². The van der Waals surface area contributed by atoms with Crippen LogP contribution >= 0.6 is 27.5 Å². The smallest absolute Gasteiger partial charge is 0.179 e. The van der Waals surface area contributed by atoms with E-state index in [0.717, 1.165) is 5.56 Å². The number of ketones is 1. The van der Waals surface area contributed by atoms with Gasteiger partial charge in [0, 0.05) is 5.56 Å². The third-order valence-electron chi connectivity index (χ3n) is 2.07. The molecule has 0 heterocycles. The van der Waals surface area contributed by atoms with Gasteiger partial charge in [-0.25, -0.2) is 0 Å². The third kappa shape index (κ3) is 2.73. The Bertz CT molecular complexity index is 364. The lowest BCUT2D eigenvalue weighted by Crippen LogP contribution is -2.12. The van der Waals surface area contributed by atoms with E-state index in [1.54, 1.807) is 20.1 Å². The van der Waals surface area contributed by atoms with Crippen molar-refractivity contribution in [2.45, 2.75) is 17.6 Å². The van der Waals surface area contributed by atoms with Crippen molar-refractivity contribution in [3.05, 3.63) is 29.3 Å². The summed E-state index contributed by atoms with van der Waals surface area (Å²) in [6, 6.07) is 5.40. The fourth-order valence-electron chi connectivity index (χ4n) is 1.34. The predicted octanol–water partition coefficient (Wildman–Crippen LogP) is 3.40. The molecule has 0 aliphatic rings. The molecule has 0 aliphatic carbocycles. The average Bonchev–Trinajstić information content (AvgIpc) is 2.26. The second kappa shape index (κ2) is 5.52. The van der Waals surface area contributed by atoms with Gasteiger partial charge in [0.1, 0.15) is 5.75 Å². The molecule has 1 aromatic rings. The molecule has 1 atom stereocenters. The van der Waals surface area contributed by atoms with Crippen molar-refractivity contribution in [3.63, 3.8) is 0 Å². The van der Waals surface area contributed by atoms with Crippen LogP contribution in [-0.4, -0.2) is 17.7 Å². The summed E-state index contributed by atoms with van der Waals surface area (Å²) >= 11 is 9.01. The minimum atomic E-state index is -0.225. The van der Waals surface area contributed by atoms with E-state index in [-0.39, 0.29) is 10.6 Å². The van der Waals surface area contributed by atoms with Crippen LogP contribution in [0.5, 0.6) is 5.75 Å². The first-order valence-corrected chi connectivity index (χ1v) is 5.97. The van der Waals surface area contributed by atoms with Gasteiger partial charge in [-0.05, 0) is 13.0 Å². The van der Waals surface area contributed by atoms with Gasteiger partial charge < -0.3 is 4.74 Å². The Labute approximate surface area is 103 Å². The summed E-state index contributed by atoms with van der Waals surface area (Å²) in [5.74, 6) is 0.906. The van der Waals surface area contributed by atoms with E-state index in [1.165, 1.54) is 0 Å². The van der Waals surface area contributed by atoms with E-state index in [1.807, 2.05) is 12.1 Å². The number of methoxy groups -OCH3 is 1. The third-order valence-corrected chi connectivity index (χ3v) is 2.78. The van der Waals surface area contributed by atoms with Crippen LogP contribution in [0.4, 0.5) is 0 Å². The van der Waals surface area contributed by atoms with Crippen LogP contribution in [0.15, 0.2) is 18.2 Å².